The van der Waals surface area contributed by atoms with E-state index in [0.29, 0.717) is 0 Å². The summed E-state index contributed by atoms with van der Waals surface area (Å²) in [6.45, 7) is 0. The van der Waals surface area contributed by atoms with Gasteiger partial charge >= 0.3 is 94.7 Å². The Morgan fingerprint density at radius 3 is 2.77 bits per heavy atom. The van der Waals surface area contributed by atoms with Gasteiger partial charge in [-0.1, -0.05) is 0 Å². The Labute approximate surface area is 94.2 Å². The molecule has 0 bridgehead atoms. The van der Waals surface area contributed by atoms with Gasteiger partial charge < -0.3 is 0 Å². The molecule has 0 amide bonds. The van der Waals surface area contributed by atoms with Crippen molar-refractivity contribution < 1.29 is 9.90 Å². The van der Waals surface area contributed by atoms with Gasteiger partial charge in [0, 0.05) is 0 Å². The first-order valence-corrected chi connectivity index (χ1v) is 13.7. The second-order valence-corrected chi connectivity index (χ2v) is 9.14. The number of carboxylic acid groups (broad SMARTS) is 1. The molecule has 0 saturated heterocycles. The van der Waals surface area contributed by atoms with E-state index < -0.39 is 26.5 Å². The zero-order valence-corrected chi connectivity index (χ0v) is 11.9. The Hall–Kier alpha value is 0.0401. The Morgan fingerprint density at radius 2 is 2.15 bits per heavy atom. The molecule has 0 fully saturated rings. The average Bonchev–Trinajstić information content (AvgIpc) is 2.04. The third-order valence-electron chi connectivity index (χ3n) is 1.66. The van der Waals surface area contributed by atoms with Gasteiger partial charge in [-0.05, 0) is 0 Å². The Morgan fingerprint density at radius 1 is 1.46 bits per heavy atom. The van der Waals surface area contributed by atoms with Crippen LogP contribution < -0.4 is 0 Å². The molecule has 13 heavy (non-hydrogen) atoms. The van der Waals surface area contributed by atoms with Gasteiger partial charge in [0.05, 0.1) is 0 Å². The van der Waals surface area contributed by atoms with Crippen molar-refractivity contribution in [1.82, 2.24) is 0 Å². The van der Waals surface area contributed by atoms with Crippen molar-refractivity contribution in [2.24, 2.45) is 0 Å². The molecule has 0 spiro atoms. The molecule has 1 aromatic carbocycles. The number of carboxylic acids is 1. The van der Waals surface area contributed by atoms with Crippen LogP contribution in [0.4, 0.5) is 0 Å². The van der Waals surface area contributed by atoms with Gasteiger partial charge in [0.15, 0.2) is 0 Å². The van der Waals surface area contributed by atoms with E-state index >= 15 is 0 Å². The fraction of sp³-hybridized carbons (Fsp3) is 0.222. The Bertz CT molecular complexity index is 301. The quantitative estimate of drug-likeness (QED) is 0.905. The van der Waals surface area contributed by atoms with Crippen LogP contribution >= 0.6 is 12.3 Å². The van der Waals surface area contributed by atoms with E-state index in [4.69, 9.17) is 5.11 Å². The molecule has 0 aromatic heterocycles. The maximum absolute atomic E-state index is 10.4. The molecule has 0 unspecified atom stereocenters. The average molecular weight is 344 g/mol. The predicted molar refractivity (Wildman–Crippen MR) is 56.2 cm³/mol. The van der Waals surface area contributed by atoms with E-state index in [9.17, 15) is 4.79 Å². The fourth-order valence-electron chi connectivity index (χ4n) is 1.13. The minimum atomic E-state index is -0.766. The summed E-state index contributed by atoms with van der Waals surface area (Å²) in [6, 6.07) is 7.83. The Balaban J connectivity index is 2.73. The number of carbonyl (C=O) groups is 1. The first-order valence-electron chi connectivity index (χ1n) is 3.94. The summed E-state index contributed by atoms with van der Waals surface area (Å²) in [5.74, 6) is -0.766. The molecule has 1 rings (SSSR count). The van der Waals surface area contributed by atoms with Crippen LogP contribution in [0.2, 0.25) is 0 Å². The summed E-state index contributed by atoms with van der Waals surface area (Å²) >= 11 is 2.98. The van der Waals surface area contributed by atoms with Crippen LogP contribution in [0.15, 0.2) is 24.3 Å². The summed E-state index contributed by atoms with van der Waals surface area (Å²) < 4.78 is 1.13. The van der Waals surface area contributed by atoms with Crippen molar-refractivity contribution in [1.29, 1.82) is 0 Å². The van der Waals surface area contributed by atoms with Crippen LogP contribution in [0.25, 0.3) is 0 Å². The molecule has 1 aromatic rings. The first kappa shape index (κ1) is 11.1. The van der Waals surface area contributed by atoms with Crippen molar-refractivity contribution in [3.05, 3.63) is 35.4 Å². The van der Waals surface area contributed by atoms with E-state index in [-0.39, 0.29) is 6.42 Å². The van der Waals surface area contributed by atoms with Crippen molar-refractivity contribution >= 4 is 38.8 Å². The fourth-order valence-corrected chi connectivity index (χ4v) is 4.87. The molecule has 2 nitrogen and oxygen atoms in total. The van der Waals surface area contributed by atoms with Crippen LogP contribution in [0.3, 0.4) is 0 Å². The van der Waals surface area contributed by atoms with E-state index in [2.05, 4.69) is 18.4 Å². The third-order valence-corrected chi connectivity index (χ3v) is 5.62. The van der Waals surface area contributed by atoms with Crippen LogP contribution in [0.5, 0.6) is 0 Å². The molecular formula is C9H9BrInO2. The maximum atomic E-state index is 10.4. The second kappa shape index (κ2) is 5.70. The van der Waals surface area contributed by atoms with Crippen LogP contribution in [0.1, 0.15) is 11.1 Å². The molecule has 0 aliphatic rings. The number of halogens is 1. The molecule has 67 valence electrons. The zero-order chi connectivity index (χ0) is 9.68. The molecule has 0 aliphatic carbocycles. The van der Waals surface area contributed by atoms with E-state index in [0.717, 1.165) is 9.74 Å². The SMILES string of the molecule is O=C(O)Cc1cccc([CH2][In][Br])c1. The van der Waals surface area contributed by atoms with Crippen molar-refractivity contribution in [2.75, 3.05) is 0 Å². The van der Waals surface area contributed by atoms with Gasteiger partial charge in [0.1, 0.15) is 0 Å². The van der Waals surface area contributed by atoms with Gasteiger partial charge in [-0.2, -0.15) is 0 Å². The molecule has 1 N–H and O–H groups in total. The summed E-state index contributed by atoms with van der Waals surface area (Å²) in [7, 11) is 0. The Kier molecular flexibility index (Phi) is 4.88. The summed E-state index contributed by atoms with van der Waals surface area (Å²) in [5.41, 5.74) is 2.16. The minimum absolute atomic E-state index is 0.128. The topological polar surface area (TPSA) is 37.3 Å². The second-order valence-electron chi connectivity index (χ2n) is 2.75. The predicted octanol–water partition coefficient (Wildman–Crippen LogP) is 1.83. The van der Waals surface area contributed by atoms with Crippen molar-refractivity contribution in [2.45, 2.75) is 10.6 Å². The molecular weight excluding hydrogens is 335 g/mol. The summed E-state index contributed by atoms with van der Waals surface area (Å²) in [5, 5.41) is 8.59. The standard InChI is InChI=1S/C9H9O2.BrH.In/c1-7-3-2-4-8(5-7)6-9(10)11;;/h2-5H,1,6H2,(H,10,11);1H;/q;;+1/p-1. The van der Waals surface area contributed by atoms with Crippen LogP contribution in [0, 0.1) is 0 Å². The molecule has 0 saturated carbocycles. The number of aliphatic carboxylic acids is 1. The first-order chi connectivity index (χ1) is 6.22. The molecule has 0 heterocycles. The number of benzene rings is 1. The number of rotatable bonds is 4. The van der Waals surface area contributed by atoms with Gasteiger partial charge in [0.2, 0.25) is 0 Å². The van der Waals surface area contributed by atoms with E-state index in [1.165, 1.54) is 5.56 Å². The van der Waals surface area contributed by atoms with Crippen LogP contribution in [-0.2, 0) is 15.4 Å². The number of hydrogen-bond donors (Lipinski definition) is 1. The van der Waals surface area contributed by atoms with Gasteiger partial charge in [-0.3, -0.25) is 0 Å². The normalized spacial score (nSPS) is 9.62. The van der Waals surface area contributed by atoms with E-state index in [1.54, 1.807) is 0 Å². The molecule has 1 radical (unpaired) electrons. The molecule has 0 aliphatic heterocycles. The van der Waals surface area contributed by atoms with E-state index in [1.807, 2.05) is 18.2 Å². The van der Waals surface area contributed by atoms with Crippen molar-refractivity contribution in [3.63, 3.8) is 0 Å². The molecule has 0 atom stereocenters. The van der Waals surface area contributed by atoms with Crippen LogP contribution in [-0.4, -0.2) is 31.7 Å². The van der Waals surface area contributed by atoms with Gasteiger partial charge in [-0.25, -0.2) is 0 Å². The van der Waals surface area contributed by atoms with Crippen molar-refractivity contribution in [3.8, 4) is 0 Å². The van der Waals surface area contributed by atoms with Gasteiger partial charge in [-0.15, -0.1) is 0 Å². The van der Waals surface area contributed by atoms with Gasteiger partial charge in [0.25, 0.3) is 0 Å². The number of hydrogen-bond acceptors (Lipinski definition) is 1. The zero-order valence-electron chi connectivity index (χ0n) is 7.03. The monoisotopic (exact) mass is 343 g/mol. The summed E-state index contributed by atoms with van der Waals surface area (Å²) in [6.07, 6.45) is 0.128. The molecule has 4 heteroatoms. The third kappa shape index (κ3) is 4.18. The summed E-state index contributed by atoms with van der Waals surface area (Å²) in [4.78, 5) is 10.4.